The van der Waals surface area contributed by atoms with E-state index in [-0.39, 0.29) is 5.78 Å². The van der Waals surface area contributed by atoms with E-state index in [2.05, 4.69) is 23.7 Å². The van der Waals surface area contributed by atoms with E-state index in [1.165, 1.54) is 0 Å². The summed E-state index contributed by atoms with van der Waals surface area (Å²) in [5, 5.41) is 1.58. The van der Waals surface area contributed by atoms with Crippen molar-refractivity contribution in [1.82, 2.24) is 9.88 Å². The fraction of sp³-hybridized carbons (Fsp3) is 0.250. The lowest BCUT2D eigenvalue weighted by Crippen LogP contribution is -2.28. The molecule has 0 saturated heterocycles. The molecule has 0 fully saturated rings. The molecule has 0 bridgehead atoms. The quantitative estimate of drug-likeness (QED) is 0.750. The molecule has 0 atom stereocenters. The number of benzene rings is 1. The van der Waals surface area contributed by atoms with Gasteiger partial charge in [0.05, 0.1) is 16.9 Å². The molecule has 0 amide bonds. The van der Waals surface area contributed by atoms with Gasteiger partial charge in [-0.05, 0) is 55.6 Å². The number of allylic oxidation sites excluding steroid dienone is 3. The first kappa shape index (κ1) is 17.5. The van der Waals surface area contributed by atoms with E-state index in [0.29, 0.717) is 11.6 Å². The van der Waals surface area contributed by atoms with E-state index in [1.54, 1.807) is 18.3 Å². The summed E-state index contributed by atoms with van der Waals surface area (Å²) in [6.07, 6.45) is 6.95. The highest BCUT2D eigenvalue weighted by Crippen LogP contribution is 2.27. The summed E-state index contributed by atoms with van der Waals surface area (Å²) in [6, 6.07) is 7.44. The highest BCUT2D eigenvalue weighted by atomic mass is 35.5. The summed E-state index contributed by atoms with van der Waals surface area (Å²) in [6.45, 7) is 6.65. The number of rotatable bonds is 5. The van der Waals surface area contributed by atoms with Crippen molar-refractivity contribution < 1.29 is 4.79 Å². The topological polar surface area (TPSA) is 45.6 Å². The van der Waals surface area contributed by atoms with Crippen LogP contribution in [-0.2, 0) is 4.79 Å². The zero-order chi connectivity index (χ0) is 17.8. The molecule has 0 unspecified atom stereocenters. The van der Waals surface area contributed by atoms with E-state index in [0.717, 1.165) is 41.0 Å². The molecule has 4 nitrogen and oxygen atoms in total. The summed E-state index contributed by atoms with van der Waals surface area (Å²) in [7, 11) is 0. The summed E-state index contributed by atoms with van der Waals surface area (Å²) >= 11 is 6.04. The van der Waals surface area contributed by atoms with E-state index < -0.39 is 0 Å². The van der Waals surface area contributed by atoms with E-state index in [4.69, 9.17) is 16.6 Å². The van der Waals surface area contributed by atoms with Crippen molar-refractivity contribution in [2.45, 2.75) is 13.8 Å². The molecule has 1 aliphatic rings. The normalized spacial score (nSPS) is 16.1. The third kappa shape index (κ3) is 4.03. The van der Waals surface area contributed by atoms with Crippen LogP contribution in [0.4, 0.5) is 5.69 Å². The van der Waals surface area contributed by atoms with Gasteiger partial charge in [0.25, 0.3) is 0 Å². The van der Waals surface area contributed by atoms with Gasteiger partial charge < -0.3 is 0 Å². The lowest BCUT2D eigenvalue weighted by atomic mass is 10.0. The Bertz CT molecular complexity index is 895. The minimum atomic E-state index is 0.0530. The minimum Gasteiger partial charge on any atom is -0.299 e. The maximum Gasteiger partial charge on any atom is 0.183 e. The van der Waals surface area contributed by atoms with Gasteiger partial charge in [0.2, 0.25) is 0 Å². The number of pyridine rings is 1. The minimum absolute atomic E-state index is 0.0530. The van der Waals surface area contributed by atoms with Crippen LogP contribution in [0.3, 0.4) is 0 Å². The van der Waals surface area contributed by atoms with Crippen LogP contribution >= 0.6 is 11.6 Å². The largest absolute Gasteiger partial charge is 0.299 e. The van der Waals surface area contributed by atoms with E-state index in [9.17, 15) is 4.79 Å². The summed E-state index contributed by atoms with van der Waals surface area (Å²) in [5.41, 5.74) is 3.15. The van der Waals surface area contributed by atoms with Gasteiger partial charge in [0.15, 0.2) is 5.78 Å². The van der Waals surface area contributed by atoms with Crippen molar-refractivity contribution in [3.8, 4) is 0 Å². The van der Waals surface area contributed by atoms with Gasteiger partial charge in [0, 0.05) is 28.7 Å². The number of aliphatic imine (C=N–C) groups is 1. The van der Waals surface area contributed by atoms with Gasteiger partial charge in [-0.3, -0.25) is 14.7 Å². The molecule has 25 heavy (non-hydrogen) atoms. The molecule has 1 heterocycles. The highest BCUT2D eigenvalue weighted by Gasteiger charge is 2.15. The zero-order valence-corrected chi connectivity index (χ0v) is 15.1. The van der Waals surface area contributed by atoms with Gasteiger partial charge in [-0.15, -0.1) is 0 Å². The molecule has 1 aliphatic carbocycles. The lowest BCUT2D eigenvalue weighted by Gasteiger charge is -2.20. The Morgan fingerprint density at radius 1 is 1.16 bits per heavy atom. The highest BCUT2D eigenvalue weighted by molar-refractivity contribution is 6.31. The first-order valence-electron chi connectivity index (χ1n) is 8.39. The number of ketones is 1. The Morgan fingerprint density at radius 2 is 1.96 bits per heavy atom. The zero-order valence-electron chi connectivity index (χ0n) is 14.4. The van der Waals surface area contributed by atoms with E-state index >= 15 is 0 Å². The molecule has 0 aliphatic heterocycles. The SMILES string of the molecule is CCN(CC)CC1=CC(=Nc2ccnc3cc(Cl)ccc23)C=CC1=O. The van der Waals surface area contributed by atoms with Crippen molar-refractivity contribution in [2.24, 2.45) is 4.99 Å². The predicted molar refractivity (Wildman–Crippen MR) is 104 cm³/mol. The molecule has 3 rings (SSSR count). The number of carbonyl (C=O) groups is 1. The number of fused-ring (bicyclic) bond motifs is 1. The Hall–Kier alpha value is -2.30. The fourth-order valence-electron chi connectivity index (χ4n) is 2.79. The number of hydrogen-bond acceptors (Lipinski definition) is 4. The Balaban J connectivity index is 1.97. The number of nitrogens with zero attached hydrogens (tertiary/aromatic N) is 3. The van der Waals surface area contributed by atoms with Crippen molar-refractivity contribution in [3.63, 3.8) is 0 Å². The van der Waals surface area contributed by atoms with Crippen molar-refractivity contribution in [3.05, 3.63) is 59.3 Å². The molecule has 0 saturated carbocycles. The molecule has 1 aromatic carbocycles. The molecule has 1 aromatic heterocycles. The van der Waals surface area contributed by atoms with Crippen molar-refractivity contribution in [1.29, 1.82) is 0 Å². The summed E-state index contributed by atoms with van der Waals surface area (Å²) in [5.74, 6) is 0.0530. The fourth-order valence-corrected chi connectivity index (χ4v) is 2.96. The van der Waals surface area contributed by atoms with Gasteiger partial charge in [-0.2, -0.15) is 0 Å². The number of halogens is 1. The third-order valence-electron chi connectivity index (χ3n) is 4.26. The van der Waals surface area contributed by atoms with Crippen LogP contribution < -0.4 is 0 Å². The first-order valence-corrected chi connectivity index (χ1v) is 8.76. The molecule has 128 valence electrons. The van der Waals surface area contributed by atoms with Gasteiger partial charge in [0.1, 0.15) is 0 Å². The smallest absolute Gasteiger partial charge is 0.183 e. The molecule has 2 aromatic rings. The molecular formula is C20H20ClN3O. The summed E-state index contributed by atoms with van der Waals surface area (Å²) < 4.78 is 0. The van der Waals surface area contributed by atoms with Gasteiger partial charge >= 0.3 is 0 Å². The number of carbonyl (C=O) groups excluding carboxylic acids is 1. The molecule has 0 spiro atoms. The Labute approximate surface area is 152 Å². The average molecular weight is 354 g/mol. The standard InChI is InChI=1S/C20H20ClN3O/c1-3-24(4-2)13-14-11-16(6-8-20(14)25)23-18-9-10-22-19-12-15(21)5-7-17(18)19/h5-12H,3-4,13H2,1-2H3. The monoisotopic (exact) mass is 353 g/mol. The second-order valence-electron chi connectivity index (χ2n) is 5.86. The van der Waals surface area contributed by atoms with Gasteiger partial charge in [-0.1, -0.05) is 25.4 Å². The van der Waals surface area contributed by atoms with Crippen molar-refractivity contribution >= 4 is 39.7 Å². The number of aromatic nitrogens is 1. The lowest BCUT2D eigenvalue weighted by molar-refractivity contribution is -0.111. The van der Waals surface area contributed by atoms with Crippen LogP contribution in [0, 0.1) is 0 Å². The van der Waals surface area contributed by atoms with Crippen LogP contribution in [0.2, 0.25) is 5.02 Å². The first-order chi connectivity index (χ1) is 12.1. The van der Waals surface area contributed by atoms with Crippen LogP contribution in [0.1, 0.15) is 13.8 Å². The van der Waals surface area contributed by atoms with Crippen LogP contribution in [-0.4, -0.2) is 41.0 Å². The molecule has 5 heteroatoms. The second-order valence-corrected chi connectivity index (χ2v) is 6.29. The molecular weight excluding hydrogens is 334 g/mol. The third-order valence-corrected chi connectivity index (χ3v) is 4.50. The van der Waals surface area contributed by atoms with Gasteiger partial charge in [-0.25, -0.2) is 4.99 Å². The molecule has 0 N–H and O–H groups in total. The maximum absolute atomic E-state index is 12.1. The summed E-state index contributed by atoms with van der Waals surface area (Å²) in [4.78, 5) is 23.4. The Morgan fingerprint density at radius 3 is 2.72 bits per heavy atom. The maximum atomic E-state index is 12.1. The predicted octanol–water partition coefficient (Wildman–Crippen LogP) is 4.37. The number of likely N-dealkylation sites (N-methyl/N-ethyl adjacent to an activating group) is 1. The van der Waals surface area contributed by atoms with E-state index in [1.807, 2.05) is 30.3 Å². The number of hydrogen-bond donors (Lipinski definition) is 0. The second kappa shape index (κ2) is 7.72. The van der Waals surface area contributed by atoms with Crippen LogP contribution in [0.15, 0.2) is 59.3 Å². The van der Waals surface area contributed by atoms with Crippen molar-refractivity contribution in [2.75, 3.05) is 19.6 Å². The Kier molecular flexibility index (Phi) is 5.41. The molecule has 0 radical (unpaired) electrons. The average Bonchev–Trinajstić information content (AvgIpc) is 2.62. The van der Waals surface area contributed by atoms with Crippen LogP contribution in [0.5, 0.6) is 0 Å². The van der Waals surface area contributed by atoms with Crippen LogP contribution in [0.25, 0.3) is 10.9 Å².